The summed E-state index contributed by atoms with van der Waals surface area (Å²) in [4.78, 5) is 0.771. The van der Waals surface area contributed by atoms with Gasteiger partial charge < -0.3 is 10.4 Å². The van der Waals surface area contributed by atoms with Crippen LogP contribution in [0.15, 0.2) is 27.8 Å². The summed E-state index contributed by atoms with van der Waals surface area (Å²) < 4.78 is 0. The Morgan fingerprint density at radius 3 is 2.58 bits per heavy atom. The standard InChI is InChI=1S/C7H8N2O2S/c1-5(8-10)7(9-11)6-3-2-4-12-6/h2-4,10-11H,1H3/b8-5-,9-7-. The van der Waals surface area contributed by atoms with Crippen LogP contribution in [0, 0.1) is 0 Å². The minimum absolute atomic E-state index is 0.292. The third-order valence-corrected chi connectivity index (χ3v) is 2.22. The average molecular weight is 184 g/mol. The SMILES string of the molecule is CC(=N/O)/C(=N/O)c1cccs1. The lowest BCUT2D eigenvalue weighted by Gasteiger charge is -1.96. The van der Waals surface area contributed by atoms with Gasteiger partial charge in [0, 0.05) is 0 Å². The highest BCUT2D eigenvalue weighted by atomic mass is 32.1. The molecule has 0 saturated heterocycles. The second kappa shape index (κ2) is 3.87. The van der Waals surface area contributed by atoms with E-state index in [2.05, 4.69) is 10.3 Å². The molecule has 64 valence electrons. The Balaban J connectivity index is 3.01. The first kappa shape index (κ1) is 8.73. The first-order valence-electron chi connectivity index (χ1n) is 3.24. The summed E-state index contributed by atoms with van der Waals surface area (Å²) >= 11 is 1.42. The highest BCUT2D eigenvalue weighted by Gasteiger charge is 2.08. The van der Waals surface area contributed by atoms with Crippen molar-refractivity contribution in [3.05, 3.63) is 22.4 Å². The Hall–Kier alpha value is -1.36. The predicted molar refractivity (Wildman–Crippen MR) is 47.5 cm³/mol. The maximum absolute atomic E-state index is 8.60. The molecule has 0 fully saturated rings. The van der Waals surface area contributed by atoms with E-state index in [4.69, 9.17) is 10.4 Å². The van der Waals surface area contributed by atoms with Gasteiger partial charge in [0.05, 0.1) is 4.88 Å². The van der Waals surface area contributed by atoms with Gasteiger partial charge in [0.15, 0.2) is 0 Å². The maximum atomic E-state index is 8.60. The number of hydrogen-bond donors (Lipinski definition) is 2. The predicted octanol–water partition coefficient (Wildman–Crippen LogP) is 1.78. The van der Waals surface area contributed by atoms with Crippen LogP contribution in [0.4, 0.5) is 0 Å². The molecule has 0 aliphatic heterocycles. The molecule has 0 atom stereocenters. The smallest absolute Gasteiger partial charge is 0.144 e. The largest absolute Gasteiger partial charge is 0.411 e. The summed E-state index contributed by atoms with van der Waals surface area (Å²) in [5.74, 6) is 0. The third-order valence-electron chi connectivity index (χ3n) is 1.35. The zero-order chi connectivity index (χ0) is 8.97. The van der Waals surface area contributed by atoms with Crippen molar-refractivity contribution >= 4 is 22.8 Å². The first-order valence-corrected chi connectivity index (χ1v) is 4.12. The minimum atomic E-state index is 0.292. The van der Waals surface area contributed by atoms with Crippen LogP contribution in [-0.4, -0.2) is 21.8 Å². The fourth-order valence-electron chi connectivity index (χ4n) is 0.761. The molecule has 0 aliphatic rings. The van der Waals surface area contributed by atoms with Gasteiger partial charge in [0.2, 0.25) is 0 Å². The molecule has 12 heavy (non-hydrogen) atoms. The fourth-order valence-corrected chi connectivity index (χ4v) is 1.52. The Labute approximate surface area is 73.5 Å². The van der Waals surface area contributed by atoms with Gasteiger partial charge in [-0.25, -0.2) is 0 Å². The molecule has 0 bridgehead atoms. The van der Waals surface area contributed by atoms with Crippen LogP contribution in [0.1, 0.15) is 11.8 Å². The maximum Gasteiger partial charge on any atom is 0.144 e. The third kappa shape index (κ3) is 1.62. The van der Waals surface area contributed by atoms with E-state index in [-0.39, 0.29) is 0 Å². The topological polar surface area (TPSA) is 65.2 Å². The van der Waals surface area contributed by atoms with E-state index in [0.29, 0.717) is 11.4 Å². The molecule has 1 aromatic heterocycles. The van der Waals surface area contributed by atoms with Gasteiger partial charge in [0.25, 0.3) is 0 Å². The van der Waals surface area contributed by atoms with Gasteiger partial charge in [-0.1, -0.05) is 16.4 Å². The molecule has 0 saturated carbocycles. The van der Waals surface area contributed by atoms with Crippen LogP contribution < -0.4 is 0 Å². The van der Waals surface area contributed by atoms with Gasteiger partial charge in [-0.2, -0.15) is 0 Å². The van der Waals surface area contributed by atoms with Gasteiger partial charge in [-0.3, -0.25) is 0 Å². The number of thiophene rings is 1. The van der Waals surface area contributed by atoms with Crippen LogP contribution >= 0.6 is 11.3 Å². The van der Waals surface area contributed by atoms with Crippen LogP contribution in [0.3, 0.4) is 0 Å². The van der Waals surface area contributed by atoms with E-state index in [1.807, 2.05) is 11.4 Å². The summed E-state index contributed by atoms with van der Waals surface area (Å²) in [5.41, 5.74) is 0.590. The highest BCUT2D eigenvalue weighted by Crippen LogP contribution is 2.10. The Morgan fingerprint density at radius 2 is 2.17 bits per heavy atom. The second-order valence-electron chi connectivity index (χ2n) is 2.11. The van der Waals surface area contributed by atoms with Crippen molar-refractivity contribution in [1.82, 2.24) is 0 Å². The zero-order valence-corrected chi connectivity index (χ0v) is 7.25. The summed E-state index contributed by atoms with van der Waals surface area (Å²) in [5, 5.41) is 24.9. The quantitative estimate of drug-likeness (QED) is 0.418. The average Bonchev–Trinajstić information content (AvgIpc) is 2.58. The van der Waals surface area contributed by atoms with Crippen LogP contribution in [0.25, 0.3) is 0 Å². The number of hydrogen-bond acceptors (Lipinski definition) is 5. The Kier molecular flexibility index (Phi) is 2.82. The molecule has 0 radical (unpaired) electrons. The van der Waals surface area contributed by atoms with E-state index < -0.39 is 0 Å². The molecule has 0 unspecified atom stereocenters. The van der Waals surface area contributed by atoms with E-state index in [1.54, 1.807) is 13.0 Å². The minimum Gasteiger partial charge on any atom is -0.411 e. The Bertz CT molecular complexity index is 303. The fraction of sp³-hybridized carbons (Fsp3) is 0.143. The summed E-state index contributed by atoms with van der Waals surface area (Å²) in [6, 6.07) is 3.62. The van der Waals surface area contributed by atoms with Crippen molar-refractivity contribution in [2.45, 2.75) is 6.92 Å². The normalized spacial score (nSPS) is 13.4. The molecule has 0 spiro atoms. The lowest BCUT2D eigenvalue weighted by Crippen LogP contribution is -2.10. The van der Waals surface area contributed by atoms with E-state index in [1.165, 1.54) is 11.3 Å². The van der Waals surface area contributed by atoms with Gasteiger partial charge >= 0.3 is 0 Å². The second-order valence-corrected chi connectivity index (χ2v) is 3.06. The van der Waals surface area contributed by atoms with Gasteiger partial charge in [-0.05, 0) is 18.4 Å². The van der Waals surface area contributed by atoms with Gasteiger partial charge in [-0.15, -0.1) is 11.3 Å². The molecule has 5 heteroatoms. The van der Waals surface area contributed by atoms with Crippen molar-refractivity contribution in [2.24, 2.45) is 10.3 Å². The molecule has 1 aromatic rings. The van der Waals surface area contributed by atoms with Crippen molar-refractivity contribution in [3.8, 4) is 0 Å². The van der Waals surface area contributed by atoms with Crippen molar-refractivity contribution < 1.29 is 10.4 Å². The molecular weight excluding hydrogens is 176 g/mol. The molecular formula is C7H8N2O2S. The summed E-state index contributed by atoms with van der Waals surface area (Å²) in [7, 11) is 0. The molecule has 0 aliphatic carbocycles. The lowest BCUT2D eigenvalue weighted by molar-refractivity contribution is 0.314. The van der Waals surface area contributed by atoms with E-state index in [0.717, 1.165) is 4.88 Å². The number of rotatable bonds is 2. The van der Waals surface area contributed by atoms with E-state index >= 15 is 0 Å². The number of nitrogens with zero attached hydrogens (tertiary/aromatic N) is 2. The zero-order valence-electron chi connectivity index (χ0n) is 6.43. The first-order chi connectivity index (χ1) is 5.79. The molecule has 1 rings (SSSR count). The molecule has 0 aromatic carbocycles. The van der Waals surface area contributed by atoms with Gasteiger partial charge in [0.1, 0.15) is 11.4 Å². The van der Waals surface area contributed by atoms with Crippen LogP contribution in [0.5, 0.6) is 0 Å². The van der Waals surface area contributed by atoms with Crippen LogP contribution in [-0.2, 0) is 0 Å². The monoisotopic (exact) mass is 184 g/mol. The Morgan fingerprint density at radius 1 is 1.42 bits per heavy atom. The van der Waals surface area contributed by atoms with Crippen molar-refractivity contribution in [3.63, 3.8) is 0 Å². The molecule has 1 heterocycles. The molecule has 4 nitrogen and oxygen atoms in total. The molecule has 2 N–H and O–H groups in total. The highest BCUT2D eigenvalue weighted by molar-refractivity contribution is 7.13. The summed E-state index contributed by atoms with van der Waals surface area (Å²) in [6.45, 7) is 1.56. The number of oxime groups is 2. The van der Waals surface area contributed by atoms with Crippen molar-refractivity contribution in [1.29, 1.82) is 0 Å². The molecule has 0 amide bonds. The summed E-state index contributed by atoms with van der Waals surface area (Å²) in [6.07, 6.45) is 0. The lowest BCUT2D eigenvalue weighted by atomic mass is 10.2. The van der Waals surface area contributed by atoms with Crippen LogP contribution in [0.2, 0.25) is 0 Å². The van der Waals surface area contributed by atoms with Crippen molar-refractivity contribution in [2.75, 3.05) is 0 Å². The van der Waals surface area contributed by atoms with E-state index in [9.17, 15) is 0 Å².